The fraction of sp³-hybridized carbons (Fsp3) is 0.333. The summed E-state index contributed by atoms with van der Waals surface area (Å²) in [6, 6.07) is 11.9. The average Bonchev–Trinajstić information content (AvgIpc) is 2.61. The lowest BCUT2D eigenvalue weighted by molar-refractivity contribution is -0.133. The number of halogens is 1. The molecule has 3 rings (SSSR count). The standard InChI is InChI=1S/C18H19ClN2OS/c19-16-4-2-15(3-5-16)17-13-23-12-11-21(17)18(22)6-1-14-7-9-20-10-8-14/h2-5,7-10,17H,1,6,11-13H2/t17-/m1/s1. The molecule has 120 valence electrons. The van der Waals surface area contributed by atoms with Crippen LogP contribution in [0.1, 0.15) is 23.6 Å². The molecule has 1 aromatic carbocycles. The number of carbonyl (C=O) groups is 1. The molecule has 2 heterocycles. The number of carbonyl (C=O) groups excluding carboxylic acids is 1. The van der Waals surface area contributed by atoms with Crippen molar-refractivity contribution in [1.82, 2.24) is 9.88 Å². The topological polar surface area (TPSA) is 33.2 Å². The number of benzene rings is 1. The van der Waals surface area contributed by atoms with Gasteiger partial charge in [0.1, 0.15) is 0 Å². The van der Waals surface area contributed by atoms with Crippen molar-refractivity contribution >= 4 is 29.3 Å². The quantitative estimate of drug-likeness (QED) is 0.839. The molecule has 1 aromatic heterocycles. The highest BCUT2D eigenvalue weighted by Crippen LogP contribution is 2.30. The molecule has 0 spiro atoms. The summed E-state index contributed by atoms with van der Waals surface area (Å²) in [6.07, 6.45) is 4.85. The van der Waals surface area contributed by atoms with E-state index in [0.29, 0.717) is 6.42 Å². The van der Waals surface area contributed by atoms with Crippen molar-refractivity contribution in [3.05, 3.63) is 64.9 Å². The molecule has 1 atom stereocenters. The molecule has 1 aliphatic rings. The van der Waals surface area contributed by atoms with Crippen molar-refractivity contribution in [3.8, 4) is 0 Å². The van der Waals surface area contributed by atoms with Crippen LogP contribution in [0.15, 0.2) is 48.8 Å². The second kappa shape index (κ2) is 7.84. The number of aromatic nitrogens is 1. The molecule has 2 aromatic rings. The summed E-state index contributed by atoms with van der Waals surface area (Å²) in [7, 11) is 0. The average molecular weight is 347 g/mol. The summed E-state index contributed by atoms with van der Waals surface area (Å²) in [4.78, 5) is 18.7. The van der Waals surface area contributed by atoms with E-state index in [1.165, 1.54) is 5.56 Å². The molecule has 23 heavy (non-hydrogen) atoms. The number of pyridine rings is 1. The van der Waals surface area contributed by atoms with E-state index in [9.17, 15) is 4.79 Å². The molecule has 0 radical (unpaired) electrons. The molecule has 3 nitrogen and oxygen atoms in total. The molecule has 1 aliphatic heterocycles. The smallest absolute Gasteiger partial charge is 0.223 e. The molecule has 1 saturated heterocycles. The maximum atomic E-state index is 12.7. The normalized spacial score (nSPS) is 18.0. The van der Waals surface area contributed by atoms with Gasteiger partial charge in [-0.1, -0.05) is 23.7 Å². The molecule has 0 bridgehead atoms. The van der Waals surface area contributed by atoms with E-state index in [0.717, 1.165) is 35.1 Å². The Kier molecular flexibility index (Phi) is 5.57. The maximum absolute atomic E-state index is 12.7. The van der Waals surface area contributed by atoms with Gasteiger partial charge < -0.3 is 4.90 Å². The van der Waals surface area contributed by atoms with Gasteiger partial charge >= 0.3 is 0 Å². The summed E-state index contributed by atoms with van der Waals surface area (Å²) < 4.78 is 0. The van der Waals surface area contributed by atoms with Gasteiger partial charge in [-0.3, -0.25) is 9.78 Å². The molecule has 5 heteroatoms. The van der Waals surface area contributed by atoms with Crippen molar-refractivity contribution in [2.75, 3.05) is 18.1 Å². The molecule has 1 amide bonds. The van der Waals surface area contributed by atoms with Crippen molar-refractivity contribution in [2.24, 2.45) is 0 Å². The molecule has 0 unspecified atom stereocenters. The van der Waals surface area contributed by atoms with Crippen LogP contribution in [0.4, 0.5) is 0 Å². The zero-order chi connectivity index (χ0) is 16.1. The van der Waals surface area contributed by atoms with E-state index in [2.05, 4.69) is 4.98 Å². The van der Waals surface area contributed by atoms with Crippen LogP contribution in [0.3, 0.4) is 0 Å². The largest absolute Gasteiger partial charge is 0.334 e. The van der Waals surface area contributed by atoms with Crippen molar-refractivity contribution in [1.29, 1.82) is 0 Å². The minimum Gasteiger partial charge on any atom is -0.334 e. The Morgan fingerprint density at radius 2 is 1.96 bits per heavy atom. The summed E-state index contributed by atoms with van der Waals surface area (Å²) >= 11 is 7.88. The minimum absolute atomic E-state index is 0.149. The predicted octanol–water partition coefficient (Wildman–Crippen LogP) is 3.98. The first-order valence-electron chi connectivity index (χ1n) is 7.75. The van der Waals surface area contributed by atoms with Gasteiger partial charge in [0.25, 0.3) is 0 Å². The lowest BCUT2D eigenvalue weighted by Gasteiger charge is -2.36. The third kappa shape index (κ3) is 4.27. The van der Waals surface area contributed by atoms with E-state index >= 15 is 0 Å². The highest BCUT2D eigenvalue weighted by atomic mass is 35.5. The number of hydrogen-bond donors (Lipinski definition) is 0. The van der Waals surface area contributed by atoms with Gasteiger partial charge in [-0.05, 0) is 41.8 Å². The third-order valence-electron chi connectivity index (χ3n) is 4.08. The van der Waals surface area contributed by atoms with Crippen LogP contribution >= 0.6 is 23.4 Å². The predicted molar refractivity (Wildman–Crippen MR) is 95.8 cm³/mol. The molecular weight excluding hydrogens is 328 g/mol. The number of thioether (sulfide) groups is 1. The first-order valence-corrected chi connectivity index (χ1v) is 9.29. The van der Waals surface area contributed by atoms with E-state index in [1.807, 2.05) is 53.1 Å². The fourth-order valence-electron chi connectivity index (χ4n) is 2.81. The number of amides is 1. The van der Waals surface area contributed by atoms with Gasteiger partial charge in [0, 0.05) is 41.9 Å². The lowest BCUT2D eigenvalue weighted by Crippen LogP contribution is -2.40. The van der Waals surface area contributed by atoms with Crippen LogP contribution in [-0.4, -0.2) is 33.8 Å². The Labute approximate surface area is 146 Å². The number of aryl methyl sites for hydroxylation is 1. The highest BCUT2D eigenvalue weighted by Gasteiger charge is 2.27. The second-order valence-electron chi connectivity index (χ2n) is 5.58. The van der Waals surface area contributed by atoms with Gasteiger partial charge in [-0.15, -0.1) is 0 Å². The minimum atomic E-state index is 0.149. The van der Waals surface area contributed by atoms with Gasteiger partial charge in [0.15, 0.2) is 0 Å². The molecule has 0 saturated carbocycles. The van der Waals surface area contributed by atoms with Gasteiger partial charge in [0.05, 0.1) is 6.04 Å². The van der Waals surface area contributed by atoms with Crippen molar-refractivity contribution < 1.29 is 4.79 Å². The van der Waals surface area contributed by atoms with Crippen LogP contribution < -0.4 is 0 Å². The lowest BCUT2D eigenvalue weighted by atomic mass is 10.0. The Balaban J connectivity index is 1.68. The van der Waals surface area contributed by atoms with Crippen LogP contribution in [0.2, 0.25) is 5.02 Å². The third-order valence-corrected chi connectivity index (χ3v) is 5.36. The molecule has 1 fully saturated rings. The van der Waals surface area contributed by atoms with Crippen LogP contribution in [0.25, 0.3) is 0 Å². The summed E-state index contributed by atoms with van der Waals surface area (Å²) in [6.45, 7) is 0.813. The number of rotatable bonds is 4. The first kappa shape index (κ1) is 16.3. The first-order chi connectivity index (χ1) is 11.2. The zero-order valence-corrected chi connectivity index (χ0v) is 14.4. The fourth-order valence-corrected chi connectivity index (χ4v) is 4.02. The highest BCUT2D eigenvalue weighted by molar-refractivity contribution is 7.99. The molecular formula is C18H19ClN2OS. The van der Waals surface area contributed by atoms with Crippen LogP contribution in [0, 0.1) is 0 Å². The Bertz CT molecular complexity index is 648. The van der Waals surface area contributed by atoms with E-state index < -0.39 is 0 Å². The van der Waals surface area contributed by atoms with Crippen molar-refractivity contribution in [2.45, 2.75) is 18.9 Å². The summed E-state index contributed by atoms with van der Waals surface area (Å²) in [5, 5.41) is 0.729. The Morgan fingerprint density at radius 1 is 1.22 bits per heavy atom. The summed E-state index contributed by atoms with van der Waals surface area (Å²) in [5.41, 5.74) is 2.32. The SMILES string of the molecule is O=C(CCc1ccncc1)N1CCSC[C@@H]1c1ccc(Cl)cc1. The van der Waals surface area contributed by atoms with Gasteiger partial charge in [-0.2, -0.15) is 11.8 Å². The van der Waals surface area contributed by atoms with Crippen LogP contribution in [0.5, 0.6) is 0 Å². The maximum Gasteiger partial charge on any atom is 0.223 e. The molecule has 0 aliphatic carbocycles. The van der Waals surface area contributed by atoms with Gasteiger partial charge in [-0.25, -0.2) is 0 Å². The van der Waals surface area contributed by atoms with E-state index in [1.54, 1.807) is 12.4 Å². The second-order valence-corrected chi connectivity index (χ2v) is 7.17. The van der Waals surface area contributed by atoms with Gasteiger partial charge in [0.2, 0.25) is 5.91 Å². The van der Waals surface area contributed by atoms with Crippen molar-refractivity contribution in [3.63, 3.8) is 0 Å². The van der Waals surface area contributed by atoms with E-state index in [-0.39, 0.29) is 11.9 Å². The zero-order valence-electron chi connectivity index (χ0n) is 12.8. The number of hydrogen-bond acceptors (Lipinski definition) is 3. The van der Waals surface area contributed by atoms with Crippen LogP contribution in [-0.2, 0) is 11.2 Å². The monoisotopic (exact) mass is 346 g/mol. The summed E-state index contributed by atoms with van der Waals surface area (Å²) in [5.74, 6) is 2.18. The van der Waals surface area contributed by atoms with E-state index in [4.69, 9.17) is 11.6 Å². The Hall–Kier alpha value is -1.52. The molecule has 0 N–H and O–H groups in total. The Morgan fingerprint density at radius 3 is 2.70 bits per heavy atom. The number of nitrogens with zero attached hydrogens (tertiary/aromatic N) is 2.